The zero-order valence-electron chi connectivity index (χ0n) is 19.7. The highest BCUT2D eigenvalue weighted by Crippen LogP contribution is 2.46. The van der Waals surface area contributed by atoms with Crippen molar-refractivity contribution in [3.05, 3.63) is 70.4 Å². The van der Waals surface area contributed by atoms with Gasteiger partial charge in [-0.3, -0.25) is 10.1 Å². The second-order valence-corrected chi connectivity index (χ2v) is 9.98. The van der Waals surface area contributed by atoms with Gasteiger partial charge in [0.1, 0.15) is 17.5 Å². The highest BCUT2D eigenvalue weighted by Gasteiger charge is 2.41. The number of aromatic nitrogens is 3. The van der Waals surface area contributed by atoms with Gasteiger partial charge < -0.3 is 10.3 Å². The predicted octanol–water partition coefficient (Wildman–Crippen LogP) is 6.71. The third-order valence-electron chi connectivity index (χ3n) is 8.00. The lowest BCUT2D eigenvalue weighted by atomic mass is 9.62. The van der Waals surface area contributed by atoms with Gasteiger partial charge in [0.15, 0.2) is 5.82 Å². The Hall–Kier alpha value is -3.88. The molecule has 0 unspecified atom stereocenters. The third-order valence-corrected chi connectivity index (χ3v) is 8.00. The van der Waals surface area contributed by atoms with Crippen LogP contribution in [0, 0.1) is 39.5 Å². The molecular weight excluding hydrogens is 464 g/mol. The number of H-pyrrole nitrogens is 1. The number of rotatable bonds is 5. The van der Waals surface area contributed by atoms with Gasteiger partial charge in [-0.25, -0.2) is 18.7 Å². The van der Waals surface area contributed by atoms with Gasteiger partial charge in [0.25, 0.3) is 5.69 Å². The number of non-ortho nitro benzene ring substituents is 1. The van der Waals surface area contributed by atoms with Gasteiger partial charge >= 0.3 is 0 Å². The van der Waals surface area contributed by atoms with E-state index >= 15 is 0 Å². The second-order valence-electron chi connectivity index (χ2n) is 9.98. The summed E-state index contributed by atoms with van der Waals surface area (Å²) in [7, 11) is 0. The number of nitro benzene ring substituents is 1. The summed E-state index contributed by atoms with van der Waals surface area (Å²) in [4.78, 5) is 23.0. The lowest BCUT2D eigenvalue weighted by molar-refractivity contribution is -0.384. The van der Waals surface area contributed by atoms with Crippen LogP contribution in [0.5, 0.6) is 0 Å². The summed E-state index contributed by atoms with van der Waals surface area (Å²) < 4.78 is 28.4. The number of halogens is 2. The molecule has 3 aliphatic carbocycles. The first-order chi connectivity index (χ1) is 17.4. The van der Waals surface area contributed by atoms with Crippen molar-refractivity contribution in [1.29, 1.82) is 0 Å². The van der Waals surface area contributed by atoms with Crippen LogP contribution in [0.3, 0.4) is 0 Å². The summed E-state index contributed by atoms with van der Waals surface area (Å²) in [5.74, 6) is 1.35. The molecule has 2 heterocycles. The van der Waals surface area contributed by atoms with Crippen molar-refractivity contribution < 1.29 is 13.7 Å². The Morgan fingerprint density at radius 3 is 2.44 bits per heavy atom. The number of hydrogen-bond acceptors (Lipinski definition) is 5. The summed E-state index contributed by atoms with van der Waals surface area (Å²) in [5.41, 5.74) is 1.90. The van der Waals surface area contributed by atoms with Crippen LogP contribution < -0.4 is 5.32 Å². The molecule has 2 aromatic heterocycles. The number of anilines is 1. The van der Waals surface area contributed by atoms with Crippen molar-refractivity contribution in [3.8, 4) is 22.6 Å². The van der Waals surface area contributed by atoms with E-state index in [4.69, 9.17) is 9.97 Å². The maximum atomic E-state index is 14.4. The summed E-state index contributed by atoms with van der Waals surface area (Å²) >= 11 is 0. The Kier molecular flexibility index (Phi) is 5.43. The van der Waals surface area contributed by atoms with E-state index in [9.17, 15) is 18.9 Å². The monoisotopic (exact) mass is 489 g/mol. The molecule has 0 saturated heterocycles. The molecule has 3 fully saturated rings. The Balaban J connectivity index is 1.46. The molecule has 9 heteroatoms. The number of nitro groups is 1. The number of nitrogens with one attached hydrogen (secondary N) is 2. The highest BCUT2D eigenvalue weighted by molar-refractivity contribution is 5.94. The minimum atomic E-state index is -0.687. The number of hydrogen-bond donors (Lipinski definition) is 2. The maximum absolute atomic E-state index is 14.4. The van der Waals surface area contributed by atoms with Crippen LogP contribution in [-0.4, -0.2) is 25.9 Å². The molecule has 0 spiro atoms. The molecule has 0 aliphatic heterocycles. The zero-order valence-corrected chi connectivity index (χ0v) is 19.7. The van der Waals surface area contributed by atoms with Gasteiger partial charge in [-0.1, -0.05) is 6.92 Å². The van der Waals surface area contributed by atoms with Gasteiger partial charge in [-0.15, -0.1) is 0 Å². The van der Waals surface area contributed by atoms with Crippen LogP contribution in [0.2, 0.25) is 0 Å². The fourth-order valence-corrected chi connectivity index (χ4v) is 6.06. The largest absolute Gasteiger partial charge is 0.367 e. The standard InChI is InChI=1S/C27H25F2N5O2/c1-14-15-2-4-17(5-3-15)25(14)32-24-12-23(16-6-8-19(9-7-16)34(35)36)31-27(33-24)21-13-30-26-20(21)10-18(28)11-22(26)29/h6-15,17,25,30H,2-5H2,1H3,(H,31,32,33)/t14-,15?,17?,25+/m0/s1. The first-order valence-corrected chi connectivity index (χ1v) is 12.2. The van der Waals surface area contributed by atoms with Crippen molar-refractivity contribution in [1.82, 2.24) is 15.0 Å². The van der Waals surface area contributed by atoms with Crippen molar-refractivity contribution in [2.75, 3.05) is 5.32 Å². The van der Waals surface area contributed by atoms with Crippen LogP contribution in [0.1, 0.15) is 32.6 Å². The van der Waals surface area contributed by atoms with Crippen molar-refractivity contribution in [2.24, 2.45) is 17.8 Å². The van der Waals surface area contributed by atoms with E-state index in [1.807, 2.05) is 6.07 Å². The van der Waals surface area contributed by atoms with Crippen LogP contribution in [0.4, 0.5) is 20.3 Å². The van der Waals surface area contributed by atoms with Crippen LogP contribution >= 0.6 is 0 Å². The number of aromatic amines is 1. The summed E-state index contributed by atoms with van der Waals surface area (Å²) in [5, 5.41) is 15.1. The van der Waals surface area contributed by atoms with E-state index in [1.165, 1.54) is 43.9 Å². The molecule has 2 atom stereocenters. The van der Waals surface area contributed by atoms with Gasteiger partial charge in [0.2, 0.25) is 0 Å². The molecule has 0 amide bonds. The molecule has 4 aromatic rings. The molecule has 36 heavy (non-hydrogen) atoms. The molecule has 3 aliphatic rings. The first-order valence-electron chi connectivity index (χ1n) is 12.2. The Morgan fingerprint density at radius 2 is 1.75 bits per heavy atom. The molecular formula is C27H25F2N5O2. The average Bonchev–Trinajstić information content (AvgIpc) is 3.30. The third kappa shape index (κ3) is 3.88. The van der Waals surface area contributed by atoms with Gasteiger partial charge in [0.05, 0.1) is 16.1 Å². The topological polar surface area (TPSA) is 96.7 Å². The Bertz CT molecular complexity index is 1460. The summed E-state index contributed by atoms with van der Waals surface area (Å²) in [6.07, 6.45) is 6.50. The maximum Gasteiger partial charge on any atom is 0.269 e. The molecule has 0 radical (unpaired) electrons. The van der Waals surface area contributed by atoms with Gasteiger partial charge in [0, 0.05) is 53.0 Å². The fraction of sp³-hybridized carbons (Fsp3) is 0.333. The van der Waals surface area contributed by atoms with E-state index in [-0.39, 0.29) is 17.2 Å². The quantitative estimate of drug-likeness (QED) is 0.240. The molecule has 2 bridgehead atoms. The van der Waals surface area contributed by atoms with Gasteiger partial charge in [-0.2, -0.15) is 0 Å². The molecule has 7 nitrogen and oxygen atoms in total. The Morgan fingerprint density at radius 1 is 1.03 bits per heavy atom. The smallest absolute Gasteiger partial charge is 0.269 e. The van der Waals surface area contributed by atoms with E-state index in [0.29, 0.717) is 51.6 Å². The average molecular weight is 490 g/mol. The van der Waals surface area contributed by atoms with E-state index in [2.05, 4.69) is 17.2 Å². The summed E-state index contributed by atoms with van der Waals surface area (Å²) in [6, 6.07) is 10.4. The second kappa shape index (κ2) is 8.65. The Labute approximate surface area is 206 Å². The normalized spacial score (nSPS) is 23.2. The number of fused-ring (bicyclic) bond motifs is 4. The highest BCUT2D eigenvalue weighted by atomic mass is 19.1. The van der Waals surface area contributed by atoms with Crippen LogP contribution in [0.25, 0.3) is 33.5 Å². The fourth-order valence-electron chi connectivity index (χ4n) is 6.06. The predicted molar refractivity (Wildman–Crippen MR) is 133 cm³/mol. The van der Waals surface area contributed by atoms with Crippen LogP contribution in [-0.2, 0) is 0 Å². The van der Waals surface area contributed by atoms with Gasteiger partial charge in [-0.05, 0) is 61.6 Å². The molecule has 2 aromatic carbocycles. The lowest BCUT2D eigenvalue weighted by Crippen LogP contribution is -2.47. The summed E-state index contributed by atoms with van der Waals surface area (Å²) in [6.45, 7) is 2.29. The van der Waals surface area contributed by atoms with Crippen molar-refractivity contribution in [2.45, 2.75) is 38.6 Å². The SMILES string of the molecule is C[C@H]1C2CCC(CC2)[C@@H]1Nc1cc(-c2ccc([N+](=O)[O-])cc2)nc(-c2c[nH]c3c(F)cc(F)cc23)n1. The van der Waals surface area contributed by atoms with E-state index in [1.54, 1.807) is 18.3 Å². The molecule has 7 rings (SSSR count). The van der Waals surface area contributed by atoms with Crippen LogP contribution in [0.15, 0.2) is 48.7 Å². The molecule has 3 saturated carbocycles. The molecule has 184 valence electrons. The van der Waals surface area contributed by atoms with E-state index in [0.717, 1.165) is 6.07 Å². The van der Waals surface area contributed by atoms with Crippen molar-refractivity contribution in [3.63, 3.8) is 0 Å². The first kappa shape index (κ1) is 22.6. The lowest BCUT2D eigenvalue weighted by Gasteiger charge is -2.47. The zero-order chi connectivity index (χ0) is 25.0. The minimum Gasteiger partial charge on any atom is -0.367 e. The minimum absolute atomic E-state index is 0.0130. The number of benzene rings is 2. The molecule has 2 N–H and O–H groups in total. The number of nitrogens with zero attached hydrogens (tertiary/aromatic N) is 3. The van der Waals surface area contributed by atoms with Crippen molar-refractivity contribution >= 4 is 22.4 Å². The van der Waals surface area contributed by atoms with E-state index < -0.39 is 16.6 Å².